The van der Waals surface area contributed by atoms with Gasteiger partial charge < -0.3 is 10.5 Å². The summed E-state index contributed by atoms with van der Waals surface area (Å²) < 4.78 is 31.5. The van der Waals surface area contributed by atoms with Crippen LogP contribution in [0.25, 0.3) is 0 Å². The predicted octanol–water partition coefficient (Wildman–Crippen LogP) is -0.398. The Morgan fingerprint density at radius 3 is 2.74 bits per heavy atom. The molecule has 3 N–H and O–H groups in total. The second-order valence-corrected chi connectivity index (χ2v) is 5.27. The molecule has 0 aliphatic carbocycles. The average molecular weight is 284 g/mol. The summed E-state index contributed by atoms with van der Waals surface area (Å²) in [5.74, 6) is 0.0394. The Morgan fingerprint density at radius 1 is 1.42 bits per heavy atom. The van der Waals surface area contributed by atoms with Gasteiger partial charge in [-0.25, -0.2) is 13.1 Å². The van der Waals surface area contributed by atoms with E-state index < -0.39 is 10.0 Å². The van der Waals surface area contributed by atoms with E-state index in [0.29, 0.717) is 5.69 Å². The third-order valence-corrected chi connectivity index (χ3v) is 3.56. The lowest BCUT2D eigenvalue weighted by Gasteiger charge is -2.09. The van der Waals surface area contributed by atoms with Gasteiger partial charge in [0.05, 0.1) is 14.2 Å². The molecular formula is C9H12N6O3S. The molecule has 0 atom stereocenters. The number of ether oxygens (including phenoxy) is 1. The lowest BCUT2D eigenvalue weighted by atomic mass is 10.3. The van der Waals surface area contributed by atoms with Crippen molar-refractivity contribution in [2.75, 3.05) is 17.6 Å². The molecule has 19 heavy (non-hydrogen) atoms. The largest absolute Gasteiger partial charge is 0.495 e. The molecule has 102 valence electrons. The molecule has 1 aromatic carbocycles. The number of aryl methyl sites for hydroxylation is 1. The number of methoxy groups -OCH3 is 1. The SMILES string of the molecule is COc1ccc(N)cc1S(=O)(=O)Nc1nnn(C)n1. The zero-order valence-corrected chi connectivity index (χ0v) is 11.0. The third kappa shape index (κ3) is 2.73. The number of sulfonamides is 1. The maximum absolute atomic E-state index is 12.2. The Hall–Kier alpha value is -2.36. The van der Waals surface area contributed by atoms with E-state index in [1.165, 1.54) is 26.3 Å². The first-order valence-corrected chi connectivity index (χ1v) is 6.61. The zero-order valence-electron chi connectivity index (χ0n) is 10.2. The molecule has 2 rings (SSSR count). The number of nitrogen functional groups attached to an aromatic ring is 1. The lowest BCUT2D eigenvalue weighted by Crippen LogP contribution is -2.15. The van der Waals surface area contributed by atoms with Crippen LogP contribution < -0.4 is 15.2 Å². The second-order valence-electron chi connectivity index (χ2n) is 3.62. The van der Waals surface area contributed by atoms with Gasteiger partial charge in [-0.3, -0.25) is 0 Å². The van der Waals surface area contributed by atoms with Gasteiger partial charge in [0.15, 0.2) is 0 Å². The van der Waals surface area contributed by atoms with Gasteiger partial charge in [-0.1, -0.05) is 5.10 Å². The van der Waals surface area contributed by atoms with Crippen LogP contribution in [0, 0.1) is 0 Å². The molecule has 0 aliphatic rings. The maximum Gasteiger partial charge on any atom is 0.277 e. The number of nitrogens with zero attached hydrogens (tertiary/aromatic N) is 4. The normalized spacial score (nSPS) is 11.3. The van der Waals surface area contributed by atoms with Crippen LogP contribution in [0.4, 0.5) is 11.6 Å². The van der Waals surface area contributed by atoms with E-state index >= 15 is 0 Å². The summed E-state index contributed by atoms with van der Waals surface area (Å²) in [5, 5.41) is 10.8. The zero-order chi connectivity index (χ0) is 14.0. The van der Waals surface area contributed by atoms with Crippen LogP contribution in [0.5, 0.6) is 5.75 Å². The van der Waals surface area contributed by atoms with E-state index in [2.05, 4.69) is 20.1 Å². The highest BCUT2D eigenvalue weighted by Gasteiger charge is 2.21. The molecule has 10 heteroatoms. The van der Waals surface area contributed by atoms with Gasteiger partial charge in [-0.05, 0) is 23.4 Å². The van der Waals surface area contributed by atoms with Gasteiger partial charge in [0.1, 0.15) is 10.6 Å². The molecule has 0 fully saturated rings. The smallest absolute Gasteiger partial charge is 0.277 e. The number of anilines is 2. The Bertz CT molecular complexity index is 696. The highest BCUT2D eigenvalue weighted by molar-refractivity contribution is 7.92. The molecule has 1 aromatic heterocycles. The van der Waals surface area contributed by atoms with Crippen molar-refractivity contribution in [3.63, 3.8) is 0 Å². The molecule has 2 aromatic rings. The fraction of sp³-hybridized carbons (Fsp3) is 0.222. The fourth-order valence-electron chi connectivity index (χ4n) is 1.40. The quantitative estimate of drug-likeness (QED) is 0.732. The second kappa shape index (κ2) is 4.72. The summed E-state index contributed by atoms with van der Waals surface area (Å²) in [6, 6.07) is 4.30. The summed E-state index contributed by atoms with van der Waals surface area (Å²) in [7, 11) is -1.01. The van der Waals surface area contributed by atoms with Gasteiger partial charge in [-0.2, -0.15) is 4.80 Å². The summed E-state index contributed by atoms with van der Waals surface area (Å²) >= 11 is 0. The van der Waals surface area contributed by atoms with Crippen molar-refractivity contribution in [1.29, 1.82) is 0 Å². The van der Waals surface area contributed by atoms with Crippen LogP contribution in [-0.4, -0.2) is 35.7 Å². The van der Waals surface area contributed by atoms with Crippen molar-refractivity contribution in [2.24, 2.45) is 7.05 Å². The highest BCUT2D eigenvalue weighted by atomic mass is 32.2. The minimum atomic E-state index is -3.90. The van der Waals surface area contributed by atoms with Crippen molar-refractivity contribution >= 4 is 21.7 Å². The molecule has 1 heterocycles. The molecule has 0 radical (unpaired) electrons. The van der Waals surface area contributed by atoms with Crippen LogP contribution in [0.3, 0.4) is 0 Å². The molecule has 0 saturated carbocycles. The molecule has 9 nitrogen and oxygen atoms in total. The summed E-state index contributed by atoms with van der Waals surface area (Å²) in [6.07, 6.45) is 0. The molecule has 0 bridgehead atoms. The Labute approximate surface area is 109 Å². The summed E-state index contributed by atoms with van der Waals surface area (Å²) in [5.41, 5.74) is 5.88. The van der Waals surface area contributed by atoms with E-state index in [-0.39, 0.29) is 16.6 Å². The van der Waals surface area contributed by atoms with E-state index in [0.717, 1.165) is 4.80 Å². The molecule has 0 aliphatic heterocycles. The van der Waals surface area contributed by atoms with E-state index in [9.17, 15) is 8.42 Å². The molecule has 0 unspecified atom stereocenters. The number of aromatic nitrogens is 4. The van der Waals surface area contributed by atoms with Gasteiger partial charge >= 0.3 is 0 Å². The number of tetrazole rings is 1. The highest BCUT2D eigenvalue weighted by Crippen LogP contribution is 2.26. The van der Waals surface area contributed by atoms with Gasteiger partial charge in [0.25, 0.3) is 16.0 Å². The van der Waals surface area contributed by atoms with Crippen molar-refractivity contribution in [3.8, 4) is 5.75 Å². The Morgan fingerprint density at radius 2 is 2.16 bits per heavy atom. The van der Waals surface area contributed by atoms with Crippen molar-refractivity contribution < 1.29 is 13.2 Å². The van der Waals surface area contributed by atoms with E-state index in [4.69, 9.17) is 10.5 Å². The lowest BCUT2D eigenvalue weighted by molar-refractivity contribution is 0.403. The maximum atomic E-state index is 12.2. The van der Waals surface area contributed by atoms with Crippen molar-refractivity contribution in [1.82, 2.24) is 20.2 Å². The third-order valence-electron chi connectivity index (χ3n) is 2.21. The minimum Gasteiger partial charge on any atom is -0.495 e. The van der Waals surface area contributed by atoms with Gasteiger partial charge in [0, 0.05) is 5.69 Å². The molecule has 0 amide bonds. The van der Waals surface area contributed by atoms with Crippen LogP contribution in [-0.2, 0) is 17.1 Å². The molecule has 0 saturated heterocycles. The summed E-state index contributed by atoms with van der Waals surface area (Å²) in [4.78, 5) is 1.04. The standard InChI is InChI=1S/C9H12N6O3S/c1-15-12-9(11-14-15)13-19(16,17)8-5-6(10)3-4-7(8)18-2/h3-5H,10H2,1-2H3,(H,12,13). The Kier molecular flexibility index (Phi) is 3.25. The first-order chi connectivity index (χ1) is 8.92. The van der Waals surface area contributed by atoms with Crippen LogP contribution >= 0.6 is 0 Å². The first kappa shape index (κ1) is 13.1. The van der Waals surface area contributed by atoms with Crippen LogP contribution in [0.1, 0.15) is 0 Å². The van der Waals surface area contributed by atoms with Gasteiger partial charge in [-0.15, -0.1) is 5.10 Å². The molecule has 0 spiro atoms. The number of nitrogens with one attached hydrogen (secondary N) is 1. The molecular weight excluding hydrogens is 272 g/mol. The number of benzene rings is 1. The monoisotopic (exact) mass is 284 g/mol. The fourth-order valence-corrected chi connectivity index (χ4v) is 2.54. The minimum absolute atomic E-state index is 0.0950. The number of rotatable bonds is 4. The summed E-state index contributed by atoms with van der Waals surface area (Å²) in [6.45, 7) is 0. The number of nitrogens with two attached hydrogens (primary N) is 1. The predicted molar refractivity (Wildman–Crippen MR) is 67.0 cm³/mol. The van der Waals surface area contributed by atoms with E-state index in [1.807, 2.05) is 0 Å². The van der Waals surface area contributed by atoms with Crippen molar-refractivity contribution in [3.05, 3.63) is 18.2 Å². The van der Waals surface area contributed by atoms with E-state index in [1.54, 1.807) is 6.07 Å². The van der Waals surface area contributed by atoms with Crippen molar-refractivity contribution in [2.45, 2.75) is 4.90 Å². The van der Waals surface area contributed by atoms with Gasteiger partial charge in [0.2, 0.25) is 0 Å². The topological polar surface area (TPSA) is 125 Å². The van der Waals surface area contributed by atoms with Crippen LogP contribution in [0.15, 0.2) is 23.1 Å². The van der Waals surface area contributed by atoms with Crippen LogP contribution in [0.2, 0.25) is 0 Å². The number of hydrogen-bond acceptors (Lipinski definition) is 7. The number of hydrogen-bond donors (Lipinski definition) is 2. The first-order valence-electron chi connectivity index (χ1n) is 5.13. The Balaban J connectivity index is 2.41. The average Bonchev–Trinajstić information content (AvgIpc) is 2.74.